The van der Waals surface area contributed by atoms with Gasteiger partial charge in [-0.1, -0.05) is 0 Å². The van der Waals surface area contributed by atoms with Gasteiger partial charge in [-0.2, -0.15) is 0 Å². The summed E-state index contributed by atoms with van der Waals surface area (Å²) < 4.78 is 5.99. The van der Waals surface area contributed by atoms with Crippen molar-refractivity contribution in [2.24, 2.45) is 0 Å². The van der Waals surface area contributed by atoms with Crippen molar-refractivity contribution in [3.05, 3.63) is 52.9 Å². The molecule has 0 radical (unpaired) electrons. The number of hydrogen-bond acceptors (Lipinski definition) is 3. The van der Waals surface area contributed by atoms with Crippen molar-refractivity contribution in [3.63, 3.8) is 0 Å². The Balaban J connectivity index is 2.20. The number of ketones is 1. The third-order valence-electron chi connectivity index (χ3n) is 6.23. The standard InChI is InChI=1S/C15H14NOS.3C4H9.Sn/c1-16(2)13-8-5-12(6-9-13)7-10-14(17)15-4-3-11-18-15;3*1-3-4-2;/h3-10H,1-2H3;3*1,3-4H2,2H3;. The Morgan fingerprint density at radius 1 is 0.871 bits per heavy atom. The van der Waals surface area contributed by atoms with E-state index >= 15 is 0 Å². The van der Waals surface area contributed by atoms with Crippen molar-refractivity contribution >= 4 is 50.2 Å². The molecular formula is C27H41NOSSn. The van der Waals surface area contributed by atoms with E-state index in [1.54, 1.807) is 8.97 Å². The molecule has 0 aliphatic rings. The molecule has 1 aromatic heterocycles. The van der Waals surface area contributed by atoms with Crippen LogP contribution >= 0.6 is 11.3 Å². The first-order valence-corrected chi connectivity index (χ1v) is 20.4. The number of thiophene rings is 1. The molecule has 0 saturated carbocycles. The number of benzene rings is 1. The van der Waals surface area contributed by atoms with Crippen molar-refractivity contribution < 1.29 is 4.79 Å². The number of allylic oxidation sites excluding steroid dienone is 1. The molecule has 1 aromatic carbocycles. The second kappa shape index (κ2) is 13.5. The van der Waals surface area contributed by atoms with E-state index in [1.807, 2.05) is 31.5 Å². The fourth-order valence-corrected chi connectivity index (χ4v) is 24.2. The van der Waals surface area contributed by atoms with Gasteiger partial charge in [0.1, 0.15) is 0 Å². The summed E-state index contributed by atoms with van der Waals surface area (Å²) in [5.74, 6) is 0.148. The van der Waals surface area contributed by atoms with Crippen LogP contribution in [0.5, 0.6) is 0 Å². The Hall–Kier alpha value is -1.07. The van der Waals surface area contributed by atoms with Gasteiger partial charge in [0, 0.05) is 0 Å². The average Bonchev–Trinajstić information content (AvgIpc) is 3.28. The number of nitrogens with zero attached hydrogens (tertiary/aromatic N) is 1. The fraction of sp³-hybridized carbons (Fsp3) is 0.519. The van der Waals surface area contributed by atoms with Crippen molar-refractivity contribution in [1.82, 2.24) is 0 Å². The Morgan fingerprint density at radius 3 is 1.90 bits per heavy atom. The SMILES string of the molecule is CCC[CH2][Sn]([CH2]CCC)([CH2]CCC)[c]1ccc(C(=O)C=Cc2ccc(N(C)C)cc2)s1. The summed E-state index contributed by atoms with van der Waals surface area (Å²) in [6.07, 6.45) is 11.6. The molecule has 0 amide bonds. The fourth-order valence-electron chi connectivity index (χ4n) is 4.18. The number of unbranched alkanes of at least 4 members (excludes halogenated alkanes) is 3. The van der Waals surface area contributed by atoms with Gasteiger partial charge in [0.2, 0.25) is 0 Å². The zero-order valence-corrected chi connectivity index (χ0v) is 23.9. The van der Waals surface area contributed by atoms with Gasteiger partial charge in [0.25, 0.3) is 0 Å². The zero-order chi connectivity index (χ0) is 22.7. The third kappa shape index (κ3) is 7.78. The molecule has 1 heterocycles. The van der Waals surface area contributed by atoms with E-state index in [0.29, 0.717) is 0 Å². The quantitative estimate of drug-likeness (QED) is 0.137. The van der Waals surface area contributed by atoms with Crippen molar-refractivity contribution in [2.75, 3.05) is 19.0 Å². The zero-order valence-electron chi connectivity index (χ0n) is 20.2. The van der Waals surface area contributed by atoms with Crippen LogP contribution in [0.1, 0.15) is 74.5 Å². The van der Waals surface area contributed by atoms with Gasteiger partial charge in [-0.25, -0.2) is 0 Å². The van der Waals surface area contributed by atoms with E-state index in [4.69, 9.17) is 0 Å². The summed E-state index contributed by atoms with van der Waals surface area (Å²) in [6, 6.07) is 12.8. The first-order valence-electron chi connectivity index (χ1n) is 12.1. The van der Waals surface area contributed by atoms with Crippen LogP contribution in [-0.2, 0) is 0 Å². The van der Waals surface area contributed by atoms with Crippen LogP contribution in [0.25, 0.3) is 6.08 Å². The van der Waals surface area contributed by atoms with Crippen LogP contribution in [-0.4, -0.2) is 38.3 Å². The van der Waals surface area contributed by atoms with Gasteiger partial charge in [-0.15, -0.1) is 0 Å². The molecule has 0 saturated heterocycles. The van der Waals surface area contributed by atoms with Gasteiger partial charge in [-0.05, 0) is 0 Å². The summed E-state index contributed by atoms with van der Waals surface area (Å²) in [6.45, 7) is 6.94. The number of hydrogen-bond donors (Lipinski definition) is 0. The van der Waals surface area contributed by atoms with E-state index in [2.05, 4.69) is 62.1 Å². The van der Waals surface area contributed by atoms with Crippen LogP contribution in [0.2, 0.25) is 13.3 Å². The molecule has 31 heavy (non-hydrogen) atoms. The molecule has 2 nitrogen and oxygen atoms in total. The predicted octanol–water partition coefficient (Wildman–Crippen LogP) is 7.77. The van der Waals surface area contributed by atoms with Crippen LogP contribution < -0.4 is 7.79 Å². The van der Waals surface area contributed by atoms with Crippen LogP contribution in [0.3, 0.4) is 0 Å². The Labute approximate surface area is 198 Å². The Bertz CT molecular complexity index is 800. The minimum atomic E-state index is -2.43. The molecule has 0 fully saturated rings. The Morgan fingerprint density at radius 2 is 1.42 bits per heavy atom. The summed E-state index contributed by atoms with van der Waals surface area (Å²) >= 11 is -0.607. The Kier molecular flexibility index (Phi) is 11.4. The normalized spacial score (nSPS) is 11.9. The van der Waals surface area contributed by atoms with Gasteiger partial charge < -0.3 is 0 Å². The molecule has 0 unspecified atom stereocenters. The summed E-state index contributed by atoms with van der Waals surface area (Å²) in [7, 11) is 4.07. The molecule has 0 bridgehead atoms. The number of anilines is 1. The van der Waals surface area contributed by atoms with Crippen molar-refractivity contribution in [3.8, 4) is 0 Å². The van der Waals surface area contributed by atoms with Crippen LogP contribution in [0, 0.1) is 0 Å². The molecule has 2 aromatic rings. The van der Waals surface area contributed by atoms with E-state index < -0.39 is 18.4 Å². The van der Waals surface area contributed by atoms with E-state index in [0.717, 1.165) is 10.4 Å². The minimum absolute atomic E-state index is 0.148. The molecule has 170 valence electrons. The average molecular weight is 546 g/mol. The van der Waals surface area contributed by atoms with Gasteiger partial charge in [0.05, 0.1) is 0 Å². The third-order valence-corrected chi connectivity index (χ3v) is 25.6. The molecular weight excluding hydrogens is 505 g/mol. The maximum atomic E-state index is 12.9. The van der Waals surface area contributed by atoms with E-state index in [9.17, 15) is 4.79 Å². The first-order chi connectivity index (χ1) is 15.0. The van der Waals surface area contributed by atoms with E-state index in [1.165, 1.54) is 57.5 Å². The topological polar surface area (TPSA) is 20.3 Å². The predicted molar refractivity (Wildman–Crippen MR) is 143 cm³/mol. The van der Waals surface area contributed by atoms with Crippen LogP contribution in [0.4, 0.5) is 5.69 Å². The molecule has 0 N–H and O–H groups in total. The second-order valence-electron chi connectivity index (χ2n) is 8.94. The first kappa shape index (κ1) is 26.2. The molecule has 0 aliphatic heterocycles. The molecule has 0 spiro atoms. The number of rotatable bonds is 14. The molecule has 4 heteroatoms. The van der Waals surface area contributed by atoms with Crippen LogP contribution in [0.15, 0.2) is 42.5 Å². The van der Waals surface area contributed by atoms with E-state index in [-0.39, 0.29) is 5.78 Å². The number of carbonyl (C=O) groups excluding carboxylic acids is 1. The van der Waals surface area contributed by atoms with Crippen molar-refractivity contribution in [1.29, 1.82) is 0 Å². The summed E-state index contributed by atoms with van der Waals surface area (Å²) in [5, 5.41) is 0. The second-order valence-corrected chi connectivity index (χ2v) is 24.2. The van der Waals surface area contributed by atoms with Gasteiger partial charge in [0.15, 0.2) is 0 Å². The molecule has 0 atom stereocenters. The molecule has 2 rings (SSSR count). The molecule has 0 aliphatic carbocycles. The monoisotopic (exact) mass is 547 g/mol. The van der Waals surface area contributed by atoms with Gasteiger partial charge in [-0.3, -0.25) is 0 Å². The van der Waals surface area contributed by atoms with Gasteiger partial charge >= 0.3 is 199 Å². The number of carbonyl (C=O) groups is 1. The summed E-state index contributed by atoms with van der Waals surface area (Å²) in [4.78, 5) is 15.9. The summed E-state index contributed by atoms with van der Waals surface area (Å²) in [5.41, 5.74) is 2.24. The maximum absolute atomic E-state index is 12.9. The van der Waals surface area contributed by atoms with Crippen molar-refractivity contribution in [2.45, 2.75) is 72.6 Å².